The van der Waals surface area contributed by atoms with Crippen molar-refractivity contribution in [3.8, 4) is 5.75 Å². The lowest BCUT2D eigenvalue weighted by molar-refractivity contribution is -0.697. The topological polar surface area (TPSA) is 85.9 Å². The van der Waals surface area contributed by atoms with Crippen LogP contribution in [0.2, 0.25) is 0 Å². The van der Waals surface area contributed by atoms with Gasteiger partial charge in [-0.1, -0.05) is 0 Å². The summed E-state index contributed by atoms with van der Waals surface area (Å²) in [6, 6.07) is 11.4. The molecule has 0 aliphatic carbocycles. The second-order valence-electron chi connectivity index (χ2n) is 5.81. The number of unbranched alkanes of at least 4 members (excludes halogenated alkanes) is 1. The first-order valence-electron chi connectivity index (χ1n) is 8.22. The maximum Gasteiger partial charge on any atom is 0.177 e. The Bertz CT molecular complexity index is 836. The number of rotatable bonds is 9. The first-order chi connectivity index (χ1) is 12.4. The number of hydrogen-bond acceptors (Lipinski definition) is 6. The minimum absolute atomic E-state index is 0.318. The third-order valence-corrected chi connectivity index (χ3v) is 4.56. The van der Waals surface area contributed by atoms with Gasteiger partial charge in [0, 0.05) is 25.3 Å². The molecule has 2 aromatic rings. The second kappa shape index (κ2) is 9.30. The molecule has 0 fully saturated rings. The molecule has 1 aromatic heterocycles. The summed E-state index contributed by atoms with van der Waals surface area (Å²) in [7, 11) is -0.644. The molecular formula is C18H23N3O4S. The molecule has 2 rings (SSSR count). The molecule has 0 unspecified atom stereocenters. The predicted molar refractivity (Wildman–Crippen MR) is 99.4 cm³/mol. The summed E-state index contributed by atoms with van der Waals surface area (Å²) < 4.78 is 38.9. The van der Waals surface area contributed by atoms with Crippen LogP contribution in [0, 0.1) is 0 Å². The lowest BCUT2D eigenvalue weighted by atomic mass is 10.3. The monoisotopic (exact) mass is 377 g/mol. The molecule has 0 aliphatic heterocycles. The van der Waals surface area contributed by atoms with E-state index < -0.39 is 10.1 Å². The third kappa shape index (κ3) is 6.81. The van der Waals surface area contributed by atoms with Gasteiger partial charge in [-0.15, -0.1) is 0 Å². The van der Waals surface area contributed by atoms with Crippen LogP contribution in [0.25, 0.3) is 0 Å². The quantitative estimate of drug-likeness (QED) is 0.219. The van der Waals surface area contributed by atoms with Crippen LogP contribution in [0.1, 0.15) is 18.4 Å². The molecule has 1 aromatic carbocycles. The Morgan fingerprint density at radius 2 is 1.96 bits per heavy atom. The first-order valence-corrected chi connectivity index (χ1v) is 9.79. The molecule has 26 heavy (non-hydrogen) atoms. The molecule has 0 amide bonds. The molecule has 7 nitrogen and oxygen atoms in total. The molecule has 0 N–H and O–H groups in total. The number of benzene rings is 1. The molecule has 8 heteroatoms. The Hall–Kier alpha value is -2.45. The van der Waals surface area contributed by atoms with Gasteiger partial charge in [0.25, 0.3) is 0 Å². The largest absolute Gasteiger partial charge is 0.748 e. The predicted octanol–water partition coefficient (Wildman–Crippen LogP) is 1.78. The first kappa shape index (κ1) is 19.9. The maximum atomic E-state index is 10.6. The second-order valence-corrected chi connectivity index (χ2v) is 7.33. The van der Waals surface area contributed by atoms with Crippen molar-refractivity contribution in [2.45, 2.75) is 19.4 Å². The van der Waals surface area contributed by atoms with Crippen LogP contribution in [0.15, 0.2) is 53.9 Å². The van der Waals surface area contributed by atoms with E-state index in [-0.39, 0.29) is 5.75 Å². The SMILES string of the molecule is COc1ccc(N(C)/N=C/c2ccc[n+](CCCCS(=O)(=O)[O-])c2)cc1. The van der Waals surface area contributed by atoms with Gasteiger partial charge in [-0.25, -0.2) is 13.0 Å². The number of pyridine rings is 1. The summed E-state index contributed by atoms with van der Waals surface area (Å²) in [5.41, 5.74) is 1.86. The van der Waals surface area contributed by atoms with Gasteiger partial charge in [-0.2, -0.15) is 5.10 Å². The van der Waals surface area contributed by atoms with Crippen LogP contribution in [0.4, 0.5) is 5.69 Å². The number of aryl methyl sites for hydroxylation is 1. The molecule has 0 aliphatic rings. The van der Waals surface area contributed by atoms with Crippen LogP contribution < -0.4 is 14.3 Å². The molecule has 1 heterocycles. The van der Waals surface area contributed by atoms with Crippen molar-refractivity contribution < 1.29 is 22.3 Å². The molecule has 0 atom stereocenters. The molecular weight excluding hydrogens is 354 g/mol. The van der Waals surface area contributed by atoms with Crippen LogP contribution in [-0.4, -0.2) is 39.1 Å². The number of hydrogen-bond donors (Lipinski definition) is 0. The van der Waals surface area contributed by atoms with E-state index in [0.29, 0.717) is 19.4 Å². The summed E-state index contributed by atoms with van der Waals surface area (Å²) in [6.45, 7) is 0.644. The van der Waals surface area contributed by atoms with E-state index in [0.717, 1.165) is 17.0 Å². The standard InChI is InChI=1S/C18H23N3O4S/c1-20(17-7-9-18(25-2)10-8-17)19-14-16-6-5-12-21(15-16)11-3-4-13-26(22,23)24/h5-10,12,14-15H,3-4,11,13H2,1-2H3/b19-14+. The third-order valence-electron chi connectivity index (χ3n) is 3.77. The Morgan fingerprint density at radius 3 is 2.62 bits per heavy atom. The van der Waals surface area contributed by atoms with Crippen LogP contribution in [0.3, 0.4) is 0 Å². The van der Waals surface area contributed by atoms with Crippen LogP contribution >= 0.6 is 0 Å². The number of nitrogens with zero attached hydrogens (tertiary/aromatic N) is 3. The van der Waals surface area contributed by atoms with Crippen molar-refractivity contribution in [2.24, 2.45) is 5.10 Å². The van der Waals surface area contributed by atoms with E-state index in [1.54, 1.807) is 18.3 Å². The highest BCUT2D eigenvalue weighted by Gasteiger charge is 2.04. The highest BCUT2D eigenvalue weighted by molar-refractivity contribution is 7.85. The lowest BCUT2D eigenvalue weighted by Gasteiger charge is -2.12. The van der Waals surface area contributed by atoms with E-state index in [2.05, 4.69) is 5.10 Å². The van der Waals surface area contributed by atoms with Gasteiger partial charge in [0.2, 0.25) is 0 Å². The fraction of sp³-hybridized carbons (Fsp3) is 0.333. The van der Waals surface area contributed by atoms with E-state index in [1.165, 1.54) is 0 Å². The molecule has 0 bridgehead atoms. The average molecular weight is 377 g/mol. The lowest BCUT2D eigenvalue weighted by Crippen LogP contribution is -2.33. The van der Waals surface area contributed by atoms with Gasteiger partial charge < -0.3 is 9.29 Å². The highest BCUT2D eigenvalue weighted by Crippen LogP contribution is 2.18. The Morgan fingerprint density at radius 1 is 1.23 bits per heavy atom. The van der Waals surface area contributed by atoms with Crippen LogP contribution in [-0.2, 0) is 16.7 Å². The Kier molecular flexibility index (Phi) is 7.11. The van der Waals surface area contributed by atoms with Crippen molar-refractivity contribution in [1.29, 1.82) is 0 Å². The summed E-state index contributed by atoms with van der Waals surface area (Å²) in [4.78, 5) is 0. The van der Waals surface area contributed by atoms with Crippen molar-refractivity contribution >= 4 is 22.0 Å². The van der Waals surface area contributed by atoms with Crippen molar-refractivity contribution in [2.75, 3.05) is 24.9 Å². The summed E-state index contributed by atoms with van der Waals surface area (Å²) in [6.07, 6.45) is 6.56. The minimum Gasteiger partial charge on any atom is -0.748 e. The van der Waals surface area contributed by atoms with Gasteiger partial charge in [-0.3, -0.25) is 5.01 Å². The van der Waals surface area contributed by atoms with E-state index >= 15 is 0 Å². The molecule has 0 saturated heterocycles. The molecule has 0 radical (unpaired) electrons. The van der Waals surface area contributed by atoms with E-state index in [4.69, 9.17) is 4.74 Å². The van der Waals surface area contributed by atoms with Gasteiger partial charge in [0.05, 0.1) is 34.7 Å². The van der Waals surface area contributed by atoms with Crippen LogP contribution in [0.5, 0.6) is 5.75 Å². The van der Waals surface area contributed by atoms with Gasteiger partial charge in [0.15, 0.2) is 12.4 Å². The minimum atomic E-state index is -4.13. The number of ether oxygens (including phenoxy) is 1. The number of aromatic nitrogens is 1. The zero-order valence-corrected chi connectivity index (χ0v) is 15.7. The smallest absolute Gasteiger partial charge is 0.177 e. The van der Waals surface area contributed by atoms with Gasteiger partial charge in [0.1, 0.15) is 12.3 Å². The summed E-state index contributed by atoms with van der Waals surface area (Å²) >= 11 is 0. The maximum absolute atomic E-state index is 10.6. The summed E-state index contributed by atoms with van der Waals surface area (Å²) in [5, 5.41) is 6.18. The fourth-order valence-electron chi connectivity index (χ4n) is 2.35. The van der Waals surface area contributed by atoms with Crippen molar-refractivity contribution in [3.63, 3.8) is 0 Å². The average Bonchev–Trinajstić information content (AvgIpc) is 2.63. The zero-order chi connectivity index (χ0) is 19.0. The zero-order valence-electron chi connectivity index (χ0n) is 14.9. The molecule has 0 spiro atoms. The normalized spacial score (nSPS) is 11.7. The number of hydrazone groups is 1. The highest BCUT2D eigenvalue weighted by atomic mass is 32.2. The number of methoxy groups -OCH3 is 1. The van der Waals surface area contributed by atoms with Gasteiger partial charge >= 0.3 is 0 Å². The van der Waals surface area contributed by atoms with Gasteiger partial charge in [-0.05, 0) is 36.8 Å². The molecule has 140 valence electrons. The van der Waals surface area contributed by atoms with Crippen molar-refractivity contribution in [1.82, 2.24) is 0 Å². The Labute approximate surface area is 154 Å². The fourth-order valence-corrected chi connectivity index (χ4v) is 2.91. The van der Waals surface area contributed by atoms with Crippen molar-refractivity contribution in [3.05, 3.63) is 54.4 Å². The molecule has 0 saturated carbocycles. The number of anilines is 1. The Balaban J connectivity index is 1.93. The van der Waals surface area contributed by atoms with E-state index in [1.807, 2.05) is 60.4 Å². The van der Waals surface area contributed by atoms with E-state index in [9.17, 15) is 13.0 Å². The summed E-state index contributed by atoms with van der Waals surface area (Å²) in [5.74, 6) is 0.474.